The Balaban J connectivity index is 2.54. The van der Waals surface area contributed by atoms with E-state index in [-0.39, 0.29) is 21.3 Å². The summed E-state index contributed by atoms with van der Waals surface area (Å²) >= 11 is 0. The van der Waals surface area contributed by atoms with Gasteiger partial charge in [0.05, 0.1) is 9.79 Å². The highest BCUT2D eigenvalue weighted by atomic mass is 32.2. The maximum absolute atomic E-state index is 12.1. The summed E-state index contributed by atoms with van der Waals surface area (Å²) in [5.41, 5.74) is 0. The Kier molecular flexibility index (Phi) is 2.77. The molecule has 0 unspecified atom stereocenters. The molecule has 0 aliphatic rings. The predicted octanol–water partition coefficient (Wildman–Crippen LogP) is 1.93. The van der Waals surface area contributed by atoms with Crippen LogP contribution in [0.15, 0.2) is 58.3 Å². The number of phenolic OH excluding ortho intramolecular Hbond substituents is 2. The Morgan fingerprint density at radius 2 is 1.41 bits per heavy atom. The fourth-order valence-electron chi connectivity index (χ4n) is 1.41. The average molecular weight is 250 g/mol. The van der Waals surface area contributed by atoms with Crippen molar-refractivity contribution in [3.8, 4) is 11.5 Å². The molecule has 0 heterocycles. The number of rotatable bonds is 2. The van der Waals surface area contributed by atoms with E-state index in [0.717, 1.165) is 0 Å². The number of benzene rings is 2. The summed E-state index contributed by atoms with van der Waals surface area (Å²) in [7, 11) is -3.65. The SMILES string of the molecule is O=S(=O)(c1ccc(O)cc1)c1cccc(O)c1. The second-order valence-corrected chi connectivity index (χ2v) is 5.44. The lowest BCUT2D eigenvalue weighted by atomic mass is 10.3. The summed E-state index contributed by atoms with van der Waals surface area (Å²) in [5, 5.41) is 18.4. The van der Waals surface area contributed by atoms with Crippen LogP contribution >= 0.6 is 0 Å². The van der Waals surface area contributed by atoms with E-state index in [1.807, 2.05) is 0 Å². The Labute approximate surface area is 98.7 Å². The molecule has 0 spiro atoms. The Bertz CT molecular complexity index is 630. The maximum Gasteiger partial charge on any atom is 0.206 e. The Morgan fingerprint density at radius 3 is 2.00 bits per heavy atom. The van der Waals surface area contributed by atoms with Gasteiger partial charge in [-0.1, -0.05) is 6.07 Å². The number of hydrogen-bond donors (Lipinski definition) is 2. The minimum Gasteiger partial charge on any atom is -0.508 e. The monoisotopic (exact) mass is 250 g/mol. The molecule has 0 aliphatic heterocycles. The maximum atomic E-state index is 12.1. The van der Waals surface area contributed by atoms with E-state index in [4.69, 9.17) is 5.11 Å². The Morgan fingerprint density at radius 1 is 0.765 bits per heavy atom. The minimum absolute atomic E-state index is 0.000131. The van der Waals surface area contributed by atoms with Crippen molar-refractivity contribution in [1.82, 2.24) is 0 Å². The van der Waals surface area contributed by atoms with Gasteiger partial charge in [-0.05, 0) is 42.5 Å². The van der Waals surface area contributed by atoms with Crippen molar-refractivity contribution in [2.45, 2.75) is 9.79 Å². The van der Waals surface area contributed by atoms with E-state index < -0.39 is 9.84 Å². The van der Waals surface area contributed by atoms with Crippen molar-refractivity contribution in [2.75, 3.05) is 0 Å². The van der Waals surface area contributed by atoms with Gasteiger partial charge in [-0.2, -0.15) is 0 Å². The van der Waals surface area contributed by atoms with Crippen LogP contribution < -0.4 is 0 Å². The molecule has 0 fully saturated rings. The first-order chi connectivity index (χ1) is 8.00. The van der Waals surface area contributed by atoms with E-state index in [9.17, 15) is 13.5 Å². The molecule has 0 atom stereocenters. The summed E-state index contributed by atoms with van der Waals surface area (Å²) in [4.78, 5) is 0.0871. The van der Waals surface area contributed by atoms with Crippen LogP contribution in [-0.2, 0) is 9.84 Å². The number of sulfone groups is 1. The van der Waals surface area contributed by atoms with Gasteiger partial charge in [0, 0.05) is 0 Å². The molecule has 17 heavy (non-hydrogen) atoms. The van der Waals surface area contributed by atoms with Gasteiger partial charge >= 0.3 is 0 Å². The largest absolute Gasteiger partial charge is 0.508 e. The van der Waals surface area contributed by atoms with Crippen LogP contribution in [-0.4, -0.2) is 18.6 Å². The zero-order valence-electron chi connectivity index (χ0n) is 8.74. The summed E-state index contributed by atoms with van der Waals surface area (Å²) in [6.45, 7) is 0. The second-order valence-electron chi connectivity index (χ2n) is 3.49. The van der Waals surface area contributed by atoms with E-state index in [2.05, 4.69) is 0 Å². The van der Waals surface area contributed by atoms with Crippen molar-refractivity contribution < 1.29 is 18.6 Å². The quantitative estimate of drug-likeness (QED) is 0.854. The molecular weight excluding hydrogens is 240 g/mol. The van der Waals surface area contributed by atoms with Gasteiger partial charge in [0.2, 0.25) is 9.84 Å². The van der Waals surface area contributed by atoms with Crippen LogP contribution in [0.4, 0.5) is 0 Å². The third-order valence-electron chi connectivity index (χ3n) is 2.27. The molecule has 0 bridgehead atoms. The van der Waals surface area contributed by atoms with Crippen LogP contribution in [0.3, 0.4) is 0 Å². The average Bonchev–Trinajstić information content (AvgIpc) is 2.29. The van der Waals surface area contributed by atoms with Crippen molar-refractivity contribution in [2.24, 2.45) is 0 Å². The van der Waals surface area contributed by atoms with Gasteiger partial charge < -0.3 is 10.2 Å². The van der Waals surface area contributed by atoms with Crippen LogP contribution in [0.1, 0.15) is 0 Å². The summed E-state index contributed by atoms with van der Waals surface area (Å²) < 4.78 is 24.2. The third-order valence-corrected chi connectivity index (χ3v) is 4.04. The third kappa shape index (κ3) is 2.24. The molecule has 2 aromatic rings. The standard InChI is InChI=1S/C12H10O4S/c13-9-4-6-11(7-5-9)17(15,16)12-3-1-2-10(14)8-12/h1-8,13-14H. The lowest BCUT2D eigenvalue weighted by Crippen LogP contribution is -2.01. The minimum atomic E-state index is -3.65. The summed E-state index contributed by atoms with van der Waals surface area (Å²) in [5.74, 6) is -0.107. The normalized spacial score (nSPS) is 11.3. The van der Waals surface area contributed by atoms with Gasteiger partial charge in [-0.15, -0.1) is 0 Å². The van der Waals surface area contributed by atoms with Crippen molar-refractivity contribution in [3.63, 3.8) is 0 Å². The number of phenols is 2. The fourth-order valence-corrected chi connectivity index (χ4v) is 2.71. The van der Waals surface area contributed by atoms with Crippen molar-refractivity contribution in [1.29, 1.82) is 0 Å². The van der Waals surface area contributed by atoms with Crippen LogP contribution in [0.25, 0.3) is 0 Å². The van der Waals surface area contributed by atoms with Crippen molar-refractivity contribution >= 4 is 9.84 Å². The lowest BCUT2D eigenvalue weighted by Gasteiger charge is -2.04. The van der Waals surface area contributed by atoms with Crippen LogP contribution in [0.2, 0.25) is 0 Å². The number of aromatic hydroxyl groups is 2. The van der Waals surface area contributed by atoms with Gasteiger partial charge in [0.15, 0.2) is 0 Å². The molecule has 4 nitrogen and oxygen atoms in total. The van der Waals surface area contributed by atoms with Gasteiger partial charge in [-0.25, -0.2) is 8.42 Å². The molecular formula is C12H10O4S. The zero-order valence-corrected chi connectivity index (χ0v) is 9.55. The molecule has 0 aliphatic carbocycles. The van der Waals surface area contributed by atoms with Gasteiger partial charge in [0.25, 0.3) is 0 Å². The van der Waals surface area contributed by atoms with Crippen molar-refractivity contribution in [3.05, 3.63) is 48.5 Å². The van der Waals surface area contributed by atoms with E-state index in [1.165, 1.54) is 48.5 Å². The Hall–Kier alpha value is -2.01. The molecule has 0 saturated carbocycles. The first-order valence-electron chi connectivity index (χ1n) is 4.83. The van der Waals surface area contributed by atoms with Crippen LogP contribution in [0.5, 0.6) is 11.5 Å². The van der Waals surface area contributed by atoms with Gasteiger partial charge in [-0.3, -0.25) is 0 Å². The molecule has 5 heteroatoms. The summed E-state index contributed by atoms with van der Waals surface area (Å²) in [6, 6.07) is 10.7. The first-order valence-corrected chi connectivity index (χ1v) is 6.31. The molecule has 2 aromatic carbocycles. The smallest absolute Gasteiger partial charge is 0.206 e. The molecule has 0 amide bonds. The fraction of sp³-hybridized carbons (Fsp3) is 0. The highest BCUT2D eigenvalue weighted by Crippen LogP contribution is 2.24. The molecule has 0 saturated heterocycles. The van der Waals surface area contributed by atoms with Crippen LogP contribution in [0, 0.1) is 0 Å². The highest BCUT2D eigenvalue weighted by Gasteiger charge is 2.17. The summed E-state index contributed by atoms with van der Waals surface area (Å²) in [6.07, 6.45) is 0. The van der Waals surface area contributed by atoms with E-state index in [1.54, 1.807) is 0 Å². The van der Waals surface area contributed by atoms with Gasteiger partial charge in [0.1, 0.15) is 11.5 Å². The zero-order chi connectivity index (χ0) is 12.5. The topological polar surface area (TPSA) is 74.6 Å². The van der Waals surface area contributed by atoms with E-state index in [0.29, 0.717) is 0 Å². The molecule has 0 radical (unpaired) electrons. The number of hydrogen-bond acceptors (Lipinski definition) is 4. The first kappa shape index (κ1) is 11.5. The second kappa shape index (κ2) is 4.10. The van der Waals surface area contributed by atoms with E-state index >= 15 is 0 Å². The molecule has 88 valence electrons. The predicted molar refractivity (Wildman–Crippen MR) is 61.7 cm³/mol. The molecule has 0 aromatic heterocycles. The molecule has 2 N–H and O–H groups in total. The molecule has 2 rings (SSSR count). The lowest BCUT2D eigenvalue weighted by molar-refractivity contribution is 0.472. The highest BCUT2D eigenvalue weighted by molar-refractivity contribution is 7.91.